The van der Waals surface area contributed by atoms with E-state index in [0.717, 1.165) is 22.3 Å². The van der Waals surface area contributed by atoms with E-state index in [4.69, 9.17) is 5.11 Å². The van der Waals surface area contributed by atoms with Crippen molar-refractivity contribution in [3.63, 3.8) is 0 Å². The molecule has 1 fully saturated rings. The number of carboxylic acids is 1. The third kappa shape index (κ3) is 1.62. The predicted octanol–water partition coefficient (Wildman–Crippen LogP) is 2.87. The minimum Gasteiger partial charge on any atom is -0.476 e. The monoisotopic (exact) mass is 261 g/mol. The lowest BCUT2D eigenvalue weighted by atomic mass is 9.83. The molecule has 0 aromatic carbocycles. The summed E-state index contributed by atoms with van der Waals surface area (Å²) in [6.07, 6.45) is 3.51. The van der Waals surface area contributed by atoms with Crippen LogP contribution in [-0.4, -0.2) is 16.1 Å². The molecule has 70 valence electrons. The van der Waals surface area contributed by atoms with Gasteiger partial charge in [-0.1, -0.05) is 17.8 Å². The van der Waals surface area contributed by atoms with E-state index in [1.807, 2.05) is 0 Å². The number of carboxylic acid groups (broad SMARTS) is 1. The maximum absolute atomic E-state index is 10.6. The van der Waals surface area contributed by atoms with E-state index in [1.165, 1.54) is 17.8 Å². The van der Waals surface area contributed by atoms with Gasteiger partial charge in [0.15, 0.2) is 0 Å². The SMILES string of the molecule is O=C(O)c1nc(C2CCC2)c(Br)s1. The molecule has 2 rings (SSSR count). The third-order valence-electron chi connectivity index (χ3n) is 2.28. The summed E-state index contributed by atoms with van der Waals surface area (Å²) in [6, 6.07) is 0. The Bertz CT molecular complexity index is 346. The molecule has 0 radical (unpaired) electrons. The van der Waals surface area contributed by atoms with Crippen molar-refractivity contribution in [1.29, 1.82) is 0 Å². The minimum absolute atomic E-state index is 0.189. The van der Waals surface area contributed by atoms with Gasteiger partial charge in [0, 0.05) is 5.92 Å². The second-order valence-corrected chi connectivity index (χ2v) is 5.43. The lowest BCUT2D eigenvalue weighted by Crippen LogP contribution is -2.10. The van der Waals surface area contributed by atoms with E-state index < -0.39 is 5.97 Å². The van der Waals surface area contributed by atoms with Crippen LogP contribution in [0.4, 0.5) is 0 Å². The molecule has 1 aromatic rings. The van der Waals surface area contributed by atoms with Crippen molar-refractivity contribution in [3.05, 3.63) is 14.5 Å². The van der Waals surface area contributed by atoms with Gasteiger partial charge in [0.1, 0.15) is 0 Å². The molecule has 1 saturated carbocycles. The van der Waals surface area contributed by atoms with Crippen LogP contribution in [0.25, 0.3) is 0 Å². The maximum Gasteiger partial charge on any atom is 0.365 e. The highest BCUT2D eigenvalue weighted by Crippen LogP contribution is 2.41. The first-order valence-corrected chi connectivity index (χ1v) is 5.69. The van der Waals surface area contributed by atoms with Gasteiger partial charge in [-0.25, -0.2) is 9.78 Å². The fraction of sp³-hybridized carbons (Fsp3) is 0.500. The van der Waals surface area contributed by atoms with Crippen LogP contribution in [0, 0.1) is 0 Å². The van der Waals surface area contributed by atoms with Gasteiger partial charge in [-0.15, -0.1) is 0 Å². The first-order valence-electron chi connectivity index (χ1n) is 4.08. The van der Waals surface area contributed by atoms with E-state index in [1.54, 1.807) is 0 Å². The van der Waals surface area contributed by atoms with Gasteiger partial charge in [0.2, 0.25) is 5.01 Å². The molecule has 0 spiro atoms. The Balaban J connectivity index is 2.29. The normalized spacial score (nSPS) is 17.0. The molecule has 3 nitrogen and oxygen atoms in total. The molecule has 0 unspecified atom stereocenters. The summed E-state index contributed by atoms with van der Waals surface area (Å²) in [5.74, 6) is -0.449. The van der Waals surface area contributed by atoms with Crippen molar-refractivity contribution in [3.8, 4) is 0 Å². The zero-order valence-electron chi connectivity index (χ0n) is 6.79. The Labute approximate surface area is 87.9 Å². The standard InChI is InChI=1S/C8H8BrNO2S/c9-6-5(4-2-1-3-4)10-7(13-6)8(11)12/h4H,1-3H2,(H,11,12). The Morgan fingerprint density at radius 3 is 2.69 bits per heavy atom. The van der Waals surface area contributed by atoms with Gasteiger partial charge in [-0.2, -0.15) is 0 Å². The van der Waals surface area contributed by atoms with Gasteiger partial charge in [-0.3, -0.25) is 0 Å². The van der Waals surface area contributed by atoms with Crippen molar-refractivity contribution >= 4 is 33.2 Å². The van der Waals surface area contributed by atoms with E-state index in [9.17, 15) is 4.79 Å². The van der Waals surface area contributed by atoms with E-state index >= 15 is 0 Å². The number of hydrogen-bond acceptors (Lipinski definition) is 3. The Hall–Kier alpha value is -0.420. The molecular formula is C8H8BrNO2S. The van der Waals surface area contributed by atoms with E-state index in [-0.39, 0.29) is 5.01 Å². The average molecular weight is 262 g/mol. The number of carbonyl (C=O) groups is 1. The zero-order chi connectivity index (χ0) is 9.42. The average Bonchev–Trinajstić information content (AvgIpc) is 2.29. The van der Waals surface area contributed by atoms with Gasteiger partial charge in [-0.05, 0) is 28.8 Å². The largest absolute Gasteiger partial charge is 0.476 e. The van der Waals surface area contributed by atoms with Crippen LogP contribution in [0.3, 0.4) is 0 Å². The van der Waals surface area contributed by atoms with Crippen molar-refractivity contribution in [2.75, 3.05) is 0 Å². The van der Waals surface area contributed by atoms with Crippen molar-refractivity contribution in [2.24, 2.45) is 0 Å². The lowest BCUT2D eigenvalue weighted by Gasteiger charge is -2.23. The van der Waals surface area contributed by atoms with Crippen molar-refractivity contribution in [1.82, 2.24) is 4.98 Å². The zero-order valence-corrected chi connectivity index (χ0v) is 9.19. The first kappa shape index (κ1) is 9.15. The molecule has 1 aliphatic carbocycles. The number of rotatable bonds is 2. The van der Waals surface area contributed by atoms with E-state index in [2.05, 4.69) is 20.9 Å². The quantitative estimate of drug-likeness (QED) is 0.891. The van der Waals surface area contributed by atoms with Crippen LogP contribution in [0.1, 0.15) is 40.7 Å². The molecule has 1 heterocycles. The summed E-state index contributed by atoms with van der Waals surface area (Å²) in [5, 5.41) is 8.91. The number of aromatic nitrogens is 1. The minimum atomic E-state index is -0.934. The molecule has 1 N–H and O–H groups in total. The molecule has 13 heavy (non-hydrogen) atoms. The highest BCUT2D eigenvalue weighted by molar-refractivity contribution is 9.11. The number of thiazole rings is 1. The Kier molecular flexibility index (Phi) is 2.38. The summed E-state index contributed by atoms with van der Waals surface area (Å²) in [5.41, 5.74) is 0.939. The van der Waals surface area contributed by atoms with Gasteiger partial charge in [0.05, 0.1) is 9.48 Å². The molecule has 0 atom stereocenters. The fourth-order valence-corrected chi connectivity index (χ4v) is 2.93. The fourth-order valence-electron chi connectivity index (χ4n) is 1.34. The highest BCUT2D eigenvalue weighted by Gasteiger charge is 2.26. The summed E-state index contributed by atoms with van der Waals surface area (Å²) >= 11 is 4.56. The Morgan fingerprint density at radius 1 is 1.62 bits per heavy atom. The first-order chi connectivity index (χ1) is 6.18. The molecule has 1 aromatic heterocycles. The molecule has 0 aliphatic heterocycles. The van der Waals surface area contributed by atoms with Gasteiger partial charge < -0.3 is 5.11 Å². The van der Waals surface area contributed by atoms with E-state index in [0.29, 0.717) is 5.92 Å². The molecule has 1 aliphatic rings. The van der Waals surface area contributed by atoms with Crippen LogP contribution < -0.4 is 0 Å². The molecule has 0 amide bonds. The van der Waals surface area contributed by atoms with Crippen molar-refractivity contribution < 1.29 is 9.90 Å². The highest BCUT2D eigenvalue weighted by atomic mass is 79.9. The number of hydrogen-bond donors (Lipinski definition) is 1. The van der Waals surface area contributed by atoms with Gasteiger partial charge >= 0.3 is 5.97 Å². The summed E-state index contributed by atoms with van der Waals surface area (Å²) in [6.45, 7) is 0. The summed E-state index contributed by atoms with van der Waals surface area (Å²) in [7, 11) is 0. The molecular weight excluding hydrogens is 254 g/mol. The molecule has 0 saturated heterocycles. The number of nitrogens with zero attached hydrogens (tertiary/aromatic N) is 1. The lowest BCUT2D eigenvalue weighted by molar-refractivity contribution is 0.0696. The second-order valence-electron chi connectivity index (χ2n) is 3.11. The van der Waals surface area contributed by atoms with Crippen LogP contribution >= 0.6 is 27.3 Å². The second kappa shape index (κ2) is 3.38. The smallest absolute Gasteiger partial charge is 0.365 e. The topological polar surface area (TPSA) is 50.2 Å². The Morgan fingerprint density at radius 2 is 2.31 bits per heavy atom. The molecule has 0 bridgehead atoms. The third-order valence-corrected chi connectivity index (χ3v) is 4.02. The van der Waals surface area contributed by atoms with Crippen LogP contribution in [0.2, 0.25) is 0 Å². The summed E-state index contributed by atoms with van der Waals surface area (Å²) in [4.78, 5) is 14.7. The van der Waals surface area contributed by atoms with Crippen LogP contribution in [0.15, 0.2) is 3.79 Å². The number of halogens is 1. The number of aromatic carboxylic acids is 1. The van der Waals surface area contributed by atoms with Crippen molar-refractivity contribution in [2.45, 2.75) is 25.2 Å². The van der Waals surface area contributed by atoms with Crippen LogP contribution in [-0.2, 0) is 0 Å². The summed E-state index contributed by atoms with van der Waals surface area (Å²) < 4.78 is 0.884. The van der Waals surface area contributed by atoms with Gasteiger partial charge in [0.25, 0.3) is 0 Å². The predicted molar refractivity (Wildman–Crippen MR) is 53.4 cm³/mol. The maximum atomic E-state index is 10.6. The molecule has 5 heteroatoms. The van der Waals surface area contributed by atoms with Crippen LogP contribution in [0.5, 0.6) is 0 Å².